The smallest absolute Gasteiger partial charge is 0.309 e. The van der Waals surface area contributed by atoms with Crippen LogP contribution in [0.4, 0.5) is 0 Å². The van der Waals surface area contributed by atoms with E-state index in [1.165, 1.54) is 5.56 Å². The van der Waals surface area contributed by atoms with E-state index in [0.717, 1.165) is 31.7 Å². The molecule has 0 bridgehead atoms. The fourth-order valence-electron chi connectivity index (χ4n) is 3.37. The molecule has 0 unspecified atom stereocenters. The molecule has 28 heavy (non-hydrogen) atoms. The van der Waals surface area contributed by atoms with E-state index in [1.54, 1.807) is 11.3 Å². The zero-order valence-electron chi connectivity index (χ0n) is 16.3. The summed E-state index contributed by atoms with van der Waals surface area (Å²) < 4.78 is 0. The van der Waals surface area contributed by atoms with Crippen LogP contribution in [-0.2, 0) is 16.0 Å². The molecule has 3 rings (SSSR count). The van der Waals surface area contributed by atoms with Crippen LogP contribution < -0.4 is 10.6 Å². The van der Waals surface area contributed by atoms with E-state index in [-0.39, 0.29) is 6.04 Å². The molecule has 1 saturated heterocycles. The fourth-order valence-corrected chi connectivity index (χ4v) is 4.08. The zero-order valence-corrected chi connectivity index (χ0v) is 17.1. The minimum absolute atomic E-state index is 0.0982. The van der Waals surface area contributed by atoms with Crippen LogP contribution in [0.2, 0.25) is 0 Å². The highest BCUT2D eigenvalue weighted by Gasteiger charge is 2.25. The summed E-state index contributed by atoms with van der Waals surface area (Å²) in [4.78, 5) is 29.0. The topological polar surface area (TPSA) is 64.7 Å². The van der Waals surface area contributed by atoms with Crippen molar-refractivity contribution in [3.63, 3.8) is 0 Å². The van der Waals surface area contributed by atoms with Gasteiger partial charge in [0.15, 0.2) is 0 Å². The summed E-state index contributed by atoms with van der Waals surface area (Å²) >= 11 is 1.65. The predicted octanol–water partition coefficient (Wildman–Crippen LogP) is 1.51. The van der Waals surface area contributed by atoms with Crippen LogP contribution in [0.5, 0.6) is 0 Å². The summed E-state index contributed by atoms with van der Waals surface area (Å²) in [7, 11) is 2.12. The Morgan fingerprint density at radius 2 is 1.75 bits per heavy atom. The lowest BCUT2D eigenvalue weighted by Crippen LogP contribution is -2.49. The highest BCUT2D eigenvalue weighted by molar-refractivity contribution is 7.08. The van der Waals surface area contributed by atoms with Gasteiger partial charge in [0, 0.05) is 39.3 Å². The molecule has 150 valence electrons. The number of carbonyl (C=O) groups is 2. The second kappa shape index (κ2) is 10.4. The monoisotopic (exact) mass is 400 g/mol. The Morgan fingerprint density at radius 3 is 2.43 bits per heavy atom. The van der Waals surface area contributed by atoms with E-state index >= 15 is 0 Å². The van der Waals surface area contributed by atoms with E-state index < -0.39 is 11.8 Å². The lowest BCUT2D eigenvalue weighted by molar-refractivity contribution is -0.139. The van der Waals surface area contributed by atoms with Gasteiger partial charge < -0.3 is 15.5 Å². The minimum atomic E-state index is -0.571. The SMILES string of the molecule is CN1CCN([C@@H](CNC(=O)C(=O)NCCc2ccccc2)c2ccsc2)CC1. The van der Waals surface area contributed by atoms with Crippen molar-refractivity contribution in [2.24, 2.45) is 0 Å². The van der Waals surface area contributed by atoms with Crippen LogP contribution in [0, 0.1) is 0 Å². The van der Waals surface area contributed by atoms with Crippen LogP contribution in [0.15, 0.2) is 47.2 Å². The Kier molecular flexibility index (Phi) is 7.59. The average molecular weight is 401 g/mol. The number of benzene rings is 1. The first-order valence-corrected chi connectivity index (χ1v) is 10.6. The van der Waals surface area contributed by atoms with Crippen molar-refractivity contribution in [2.45, 2.75) is 12.5 Å². The van der Waals surface area contributed by atoms with Crippen molar-refractivity contribution in [3.05, 3.63) is 58.3 Å². The van der Waals surface area contributed by atoms with Gasteiger partial charge in [-0.05, 0) is 41.4 Å². The normalized spacial score (nSPS) is 16.5. The van der Waals surface area contributed by atoms with Gasteiger partial charge in [-0.1, -0.05) is 30.3 Å². The maximum Gasteiger partial charge on any atom is 0.309 e. The molecule has 2 aromatic rings. The Hall–Kier alpha value is -2.22. The lowest BCUT2D eigenvalue weighted by Gasteiger charge is -2.37. The molecule has 7 heteroatoms. The van der Waals surface area contributed by atoms with E-state index in [2.05, 4.69) is 44.3 Å². The summed E-state index contributed by atoms with van der Waals surface area (Å²) in [6.07, 6.45) is 0.707. The highest BCUT2D eigenvalue weighted by Crippen LogP contribution is 2.23. The van der Waals surface area contributed by atoms with Gasteiger partial charge in [-0.15, -0.1) is 0 Å². The second-order valence-electron chi connectivity index (χ2n) is 7.11. The first-order valence-electron chi connectivity index (χ1n) is 9.68. The second-order valence-corrected chi connectivity index (χ2v) is 7.89. The van der Waals surface area contributed by atoms with Crippen LogP contribution in [-0.4, -0.2) is 67.9 Å². The summed E-state index contributed by atoms with van der Waals surface area (Å²) in [5.41, 5.74) is 2.33. The quantitative estimate of drug-likeness (QED) is 0.692. The van der Waals surface area contributed by atoms with Gasteiger partial charge in [-0.25, -0.2) is 0 Å². The molecule has 2 heterocycles. The van der Waals surface area contributed by atoms with Crippen molar-refractivity contribution in [3.8, 4) is 0 Å². The Morgan fingerprint density at radius 1 is 1.04 bits per heavy atom. The molecule has 2 N–H and O–H groups in total. The number of hydrogen-bond donors (Lipinski definition) is 2. The predicted molar refractivity (Wildman–Crippen MR) is 112 cm³/mol. The molecule has 1 aromatic carbocycles. The largest absolute Gasteiger partial charge is 0.348 e. The Bertz CT molecular complexity index is 743. The number of rotatable bonds is 7. The number of carbonyl (C=O) groups excluding carboxylic acids is 2. The maximum atomic E-state index is 12.2. The number of nitrogens with zero attached hydrogens (tertiary/aromatic N) is 2. The molecule has 2 amide bonds. The molecule has 0 spiro atoms. The van der Waals surface area contributed by atoms with E-state index in [9.17, 15) is 9.59 Å². The summed E-state index contributed by atoms with van der Waals surface area (Å²) in [6.45, 7) is 4.81. The van der Waals surface area contributed by atoms with Gasteiger partial charge in [0.05, 0.1) is 6.04 Å². The highest BCUT2D eigenvalue weighted by atomic mass is 32.1. The Balaban J connectivity index is 1.48. The number of likely N-dealkylation sites (N-methyl/N-ethyl adjacent to an activating group) is 1. The molecule has 1 aliphatic heterocycles. The van der Waals surface area contributed by atoms with Crippen LogP contribution in [0.25, 0.3) is 0 Å². The molecule has 1 aliphatic rings. The zero-order chi connectivity index (χ0) is 19.8. The third-order valence-corrected chi connectivity index (χ3v) is 5.81. The number of nitrogens with one attached hydrogen (secondary N) is 2. The molecule has 1 atom stereocenters. The fraction of sp³-hybridized carbons (Fsp3) is 0.429. The van der Waals surface area contributed by atoms with Gasteiger partial charge in [0.25, 0.3) is 0 Å². The van der Waals surface area contributed by atoms with E-state index in [4.69, 9.17) is 0 Å². The van der Waals surface area contributed by atoms with Gasteiger partial charge in [-0.3, -0.25) is 14.5 Å². The summed E-state index contributed by atoms with van der Waals surface area (Å²) in [6, 6.07) is 12.1. The molecule has 1 aromatic heterocycles. The van der Waals surface area contributed by atoms with Crippen molar-refractivity contribution in [1.29, 1.82) is 0 Å². The van der Waals surface area contributed by atoms with E-state index in [1.807, 2.05) is 30.3 Å². The Labute approximate surface area is 170 Å². The summed E-state index contributed by atoms with van der Waals surface area (Å²) in [5.74, 6) is -1.14. The van der Waals surface area contributed by atoms with Gasteiger partial charge in [-0.2, -0.15) is 11.3 Å². The maximum absolute atomic E-state index is 12.2. The third kappa shape index (κ3) is 5.89. The molecule has 0 radical (unpaired) electrons. The van der Waals surface area contributed by atoms with Crippen LogP contribution >= 0.6 is 11.3 Å². The van der Waals surface area contributed by atoms with Crippen molar-refractivity contribution in [2.75, 3.05) is 46.3 Å². The van der Waals surface area contributed by atoms with Crippen molar-refractivity contribution >= 4 is 23.2 Å². The minimum Gasteiger partial charge on any atom is -0.348 e. The molecular weight excluding hydrogens is 372 g/mol. The third-order valence-electron chi connectivity index (χ3n) is 5.11. The molecule has 6 nitrogen and oxygen atoms in total. The molecular formula is C21H28N4O2S. The first-order chi connectivity index (χ1) is 13.6. The average Bonchev–Trinajstić information content (AvgIpc) is 3.24. The van der Waals surface area contributed by atoms with Crippen molar-refractivity contribution < 1.29 is 9.59 Å². The number of hydrogen-bond acceptors (Lipinski definition) is 5. The van der Waals surface area contributed by atoms with Crippen molar-refractivity contribution in [1.82, 2.24) is 20.4 Å². The van der Waals surface area contributed by atoms with Gasteiger partial charge in [0.1, 0.15) is 0 Å². The number of thiophene rings is 1. The van der Waals surface area contributed by atoms with Gasteiger partial charge in [0.2, 0.25) is 0 Å². The molecule has 0 saturated carbocycles. The lowest BCUT2D eigenvalue weighted by atomic mass is 10.1. The van der Waals surface area contributed by atoms with Crippen LogP contribution in [0.1, 0.15) is 17.2 Å². The van der Waals surface area contributed by atoms with E-state index in [0.29, 0.717) is 19.5 Å². The molecule has 1 fully saturated rings. The standard InChI is InChI=1S/C21H28N4O2S/c1-24-10-12-25(13-11-24)19(18-8-14-28-16-18)15-23-21(27)20(26)22-9-7-17-5-3-2-4-6-17/h2-6,8,14,16,19H,7,9-13,15H2,1H3,(H,22,26)(H,23,27)/t19-/m0/s1. The first kappa shape index (κ1) is 20.5. The van der Waals surface area contributed by atoms with Gasteiger partial charge >= 0.3 is 11.8 Å². The molecule has 0 aliphatic carbocycles. The number of amides is 2. The summed E-state index contributed by atoms with van der Waals surface area (Å²) in [5, 5.41) is 9.70. The number of piperazine rings is 1. The van der Waals surface area contributed by atoms with Crippen LogP contribution in [0.3, 0.4) is 0 Å².